The molecule has 0 unspecified atom stereocenters. The third-order valence-electron chi connectivity index (χ3n) is 1.06. The molecule has 0 aromatic heterocycles. The lowest BCUT2D eigenvalue weighted by Gasteiger charge is -2.01. The highest BCUT2D eigenvalue weighted by molar-refractivity contribution is 7.90. The molecule has 0 saturated carbocycles. The predicted octanol–water partition coefficient (Wildman–Crippen LogP) is 0.940. The smallest absolute Gasteiger partial charge is 0.148 e. The van der Waals surface area contributed by atoms with E-state index in [1.807, 2.05) is 0 Å². The van der Waals surface area contributed by atoms with Crippen molar-refractivity contribution in [1.82, 2.24) is 5.32 Å². The Balaban J connectivity index is 3.47. The first-order valence-electron chi connectivity index (χ1n) is 3.29. The van der Waals surface area contributed by atoms with Crippen LogP contribution in [0.5, 0.6) is 0 Å². The molecule has 0 rings (SSSR count). The largest absolute Gasteiger partial charge is 0.311 e. The molecular weight excluding hydrogens is 221 g/mol. The average molecular weight is 232 g/mol. The van der Waals surface area contributed by atoms with E-state index in [0.29, 0.717) is 18.1 Å². The molecule has 6 heteroatoms. The zero-order chi connectivity index (χ0) is 9.61. The summed E-state index contributed by atoms with van der Waals surface area (Å²) in [6.07, 6.45) is 1.19. The van der Waals surface area contributed by atoms with Gasteiger partial charge < -0.3 is 5.32 Å². The van der Waals surface area contributed by atoms with E-state index >= 15 is 0 Å². The average Bonchev–Trinajstić information content (AvgIpc) is 1.96. The highest BCUT2D eigenvalue weighted by atomic mass is 35.5. The molecule has 0 aromatic rings. The number of halogens is 2. The summed E-state index contributed by atoms with van der Waals surface area (Å²) in [5.41, 5.74) is 1.25. The van der Waals surface area contributed by atoms with Crippen LogP contribution in [0.4, 0.5) is 0 Å². The fourth-order valence-corrected chi connectivity index (χ4v) is 1.19. The summed E-state index contributed by atoms with van der Waals surface area (Å²) < 4.78 is 21.3. The lowest BCUT2D eigenvalue weighted by atomic mass is 10.6. The van der Waals surface area contributed by atoms with Crippen molar-refractivity contribution in [2.24, 2.45) is 0 Å². The molecular formula is C6H11Cl2NO2S. The summed E-state index contributed by atoms with van der Waals surface area (Å²) in [6.45, 7) is 0.792. The molecule has 0 heterocycles. The van der Waals surface area contributed by atoms with E-state index in [1.54, 1.807) is 0 Å². The molecule has 0 radical (unpaired) electrons. The summed E-state index contributed by atoms with van der Waals surface area (Å²) in [7, 11) is -2.89. The van der Waals surface area contributed by atoms with Gasteiger partial charge in [0.05, 0.1) is 5.75 Å². The molecule has 0 aliphatic rings. The van der Waals surface area contributed by atoms with Gasteiger partial charge in [0.2, 0.25) is 0 Å². The lowest BCUT2D eigenvalue weighted by molar-refractivity contribution is 0.598. The van der Waals surface area contributed by atoms with Gasteiger partial charge in [0.15, 0.2) is 0 Å². The molecule has 0 amide bonds. The Hall–Kier alpha value is 0.230. The Morgan fingerprint density at radius 2 is 2.17 bits per heavy atom. The maximum atomic E-state index is 10.6. The lowest BCUT2D eigenvalue weighted by Crippen LogP contribution is -2.23. The van der Waals surface area contributed by atoms with Gasteiger partial charge in [-0.3, -0.25) is 0 Å². The first-order valence-corrected chi connectivity index (χ1v) is 6.16. The van der Waals surface area contributed by atoms with Gasteiger partial charge >= 0.3 is 0 Å². The van der Waals surface area contributed by atoms with Crippen molar-refractivity contribution in [1.29, 1.82) is 0 Å². The van der Waals surface area contributed by atoms with Gasteiger partial charge in [-0.2, -0.15) is 0 Å². The zero-order valence-electron chi connectivity index (χ0n) is 6.68. The Morgan fingerprint density at radius 1 is 1.58 bits per heavy atom. The van der Waals surface area contributed by atoms with Crippen molar-refractivity contribution < 1.29 is 8.42 Å². The third-order valence-corrected chi connectivity index (χ3v) is 2.63. The Bertz CT molecular complexity index is 248. The van der Waals surface area contributed by atoms with Gasteiger partial charge in [0.1, 0.15) is 9.84 Å². The van der Waals surface area contributed by atoms with Crippen LogP contribution in [0.25, 0.3) is 0 Å². The van der Waals surface area contributed by atoms with Crippen LogP contribution in [0.1, 0.15) is 0 Å². The molecule has 72 valence electrons. The van der Waals surface area contributed by atoms with Crippen molar-refractivity contribution >= 4 is 33.0 Å². The second-order valence-electron chi connectivity index (χ2n) is 2.36. The molecule has 0 bridgehead atoms. The fourth-order valence-electron chi connectivity index (χ4n) is 0.504. The first kappa shape index (κ1) is 12.2. The van der Waals surface area contributed by atoms with Crippen LogP contribution in [0.2, 0.25) is 0 Å². The summed E-state index contributed by atoms with van der Waals surface area (Å²) in [4.78, 5) is 0. The first-order chi connectivity index (χ1) is 5.45. The summed E-state index contributed by atoms with van der Waals surface area (Å²) in [5, 5.41) is 3.29. The maximum Gasteiger partial charge on any atom is 0.148 e. The van der Waals surface area contributed by atoms with Gasteiger partial charge in [0.25, 0.3) is 0 Å². The van der Waals surface area contributed by atoms with Crippen LogP contribution < -0.4 is 5.32 Å². The quantitative estimate of drug-likeness (QED) is 0.717. The van der Waals surface area contributed by atoms with Crippen molar-refractivity contribution in [3.63, 3.8) is 0 Å². The van der Waals surface area contributed by atoms with Crippen molar-refractivity contribution in [2.75, 3.05) is 25.1 Å². The van der Waals surface area contributed by atoms with Crippen molar-refractivity contribution in [3.8, 4) is 0 Å². The van der Waals surface area contributed by atoms with Crippen LogP contribution >= 0.6 is 23.2 Å². The molecule has 0 aliphatic carbocycles. The van der Waals surface area contributed by atoms with Crippen LogP contribution in [0.3, 0.4) is 0 Å². The van der Waals surface area contributed by atoms with Crippen LogP contribution in [0, 0.1) is 0 Å². The topological polar surface area (TPSA) is 46.2 Å². The van der Waals surface area contributed by atoms with E-state index in [0.717, 1.165) is 0 Å². The van der Waals surface area contributed by atoms with Gasteiger partial charge in [-0.15, -0.1) is 0 Å². The van der Waals surface area contributed by atoms with E-state index in [9.17, 15) is 8.42 Å². The van der Waals surface area contributed by atoms with Gasteiger partial charge in [-0.05, 0) is 0 Å². The van der Waals surface area contributed by atoms with Gasteiger partial charge in [0, 0.05) is 29.9 Å². The Labute approximate surface area is 82.7 Å². The molecule has 0 saturated heterocycles. The van der Waals surface area contributed by atoms with Gasteiger partial charge in [-0.1, -0.05) is 23.2 Å². The van der Waals surface area contributed by atoms with Gasteiger partial charge in [-0.25, -0.2) is 8.42 Å². The van der Waals surface area contributed by atoms with E-state index in [1.165, 1.54) is 11.8 Å². The third kappa shape index (κ3) is 8.33. The second kappa shape index (κ2) is 5.80. The molecule has 0 fully saturated rings. The van der Waals surface area contributed by atoms with E-state index < -0.39 is 9.84 Å². The Morgan fingerprint density at radius 3 is 2.58 bits per heavy atom. The SMILES string of the molecule is CS(=O)(=O)CCNCC(Cl)=CCl. The molecule has 0 atom stereocenters. The highest BCUT2D eigenvalue weighted by Gasteiger charge is 2.00. The highest BCUT2D eigenvalue weighted by Crippen LogP contribution is 1.99. The van der Waals surface area contributed by atoms with E-state index in [2.05, 4.69) is 5.32 Å². The van der Waals surface area contributed by atoms with Crippen LogP contribution in [-0.2, 0) is 9.84 Å². The number of sulfone groups is 1. The van der Waals surface area contributed by atoms with Crippen molar-refractivity contribution in [2.45, 2.75) is 0 Å². The maximum absolute atomic E-state index is 10.6. The normalized spacial score (nSPS) is 13.4. The standard InChI is InChI=1S/C6H11Cl2NO2S/c1-12(10,11)3-2-9-5-6(8)4-7/h4,9H,2-3,5H2,1H3. The number of hydrogen-bond acceptors (Lipinski definition) is 3. The molecule has 3 nitrogen and oxygen atoms in total. The minimum Gasteiger partial charge on any atom is -0.311 e. The minimum absolute atomic E-state index is 0.111. The number of rotatable bonds is 5. The molecule has 12 heavy (non-hydrogen) atoms. The summed E-state index contributed by atoms with van der Waals surface area (Å²) in [6, 6.07) is 0. The molecule has 0 aromatic carbocycles. The van der Waals surface area contributed by atoms with E-state index in [-0.39, 0.29) is 5.75 Å². The Kier molecular flexibility index (Phi) is 5.92. The summed E-state index contributed by atoms with van der Waals surface area (Å²) in [5.74, 6) is 0.111. The molecule has 1 N–H and O–H groups in total. The second-order valence-corrected chi connectivity index (χ2v) is 5.33. The molecule has 0 aliphatic heterocycles. The van der Waals surface area contributed by atoms with Crippen LogP contribution in [-0.4, -0.2) is 33.5 Å². The monoisotopic (exact) mass is 231 g/mol. The van der Waals surface area contributed by atoms with Crippen molar-refractivity contribution in [3.05, 3.63) is 10.6 Å². The number of nitrogens with one attached hydrogen (secondary N) is 1. The fraction of sp³-hybridized carbons (Fsp3) is 0.667. The summed E-state index contributed by atoms with van der Waals surface area (Å²) >= 11 is 10.8. The zero-order valence-corrected chi connectivity index (χ0v) is 9.01. The predicted molar refractivity (Wildman–Crippen MR) is 52.4 cm³/mol. The van der Waals surface area contributed by atoms with Crippen LogP contribution in [0.15, 0.2) is 10.6 Å². The molecule has 0 spiro atoms. The van der Waals surface area contributed by atoms with E-state index in [4.69, 9.17) is 23.2 Å². The number of hydrogen-bond donors (Lipinski definition) is 1. The minimum atomic E-state index is -2.89.